The van der Waals surface area contributed by atoms with Crippen molar-refractivity contribution in [3.63, 3.8) is 0 Å². The van der Waals surface area contributed by atoms with Crippen LogP contribution < -0.4 is 15.4 Å². The van der Waals surface area contributed by atoms with Gasteiger partial charge in [0.2, 0.25) is 5.88 Å². The number of nitrogens with one attached hydrogen (secondary N) is 2. The van der Waals surface area contributed by atoms with Crippen LogP contribution in [0.25, 0.3) is 0 Å². The van der Waals surface area contributed by atoms with E-state index in [4.69, 9.17) is 9.47 Å². The fraction of sp³-hybridized carbons (Fsp3) is 0.579. The minimum atomic E-state index is 0.237. The first-order chi connectivity index (χ1) is 13.7. The molecule has 2 aromatic heterocycles. The van der Waals surface area contributed by atoms with Crippen molar-refractivity contribution >= 4 is 5.96 Å². The van der Waals surface area contributed by atoms with Crippen molar-refractivity contribution in [2.75, 3.05) is 20.8 Å². The van der Waals surface area contributed by atoms with Crippen molar-refractivity contribution in [1.82, 2.24) is 30.4 Å². The van der Waals surface area contributed by atoms with Crippen molar-refractivity contribution in [2.45, 2.75) is 51.9 Å². The molecule has 152 valence electrons. The third-order valence-corrected chi connectivity index (χ3v) is 4.48. The summed E-state index contributed by atoms with van der Waals surface area (Å²) in [6.07, 6.45) is 4.55. The van der Waals surface area contributed by atoms with Gasteiger partial charge in [-0.3, -0.25) is 4.99 Å². The molecule has 0 amide bonds. The van der Waals surface area contributed by atoms with Gasteiger partial charge in [-0.15, -0.1) is 0 Å². The molecule has 0 saturated heterocycles. The number of ether oxygens (including phenoxy) is 2. The normalized spacial score (nSPS) is 16.5. The van der Waals surface area contributed by atoms with Gasteiger partial charge in [0, 0.05) is 44.9 Å². The molecule has 0 radical (unpaired) electrons. The molecule has 0 aromatic carbocycles. The molecular weight excluding hydrogens is 358 g/mol. The first-order valence-corrected chi connectivity index (χ1v) is 9.68. The second kappa shape index (κ2) is 10.0. The zero-order valence-corrected chi connectivity index (χ0v) is 16.8. The van der Waals surface area contributed by atoms with E-state index in [1.165, 1.54) is 0 Å². The number of aliphatic imine (C=N–C) groups is 1. The van der Waals surface area contributed by atoms with E-state index in [-0.39, 0.29) is 6.04 Å². The van der Waals surface area contributed by atoms with Crippen LogP contribution in [0.3, 0.4) is 0 Å². The van der Waals surface area contributed by atoms with Crippen LogP contribution in [0.5, 0.6) is 5.88 Å². The van der Waals surface area contributed by atoms with E-state index in [0.717, 1.165) is 49.0 Å². The Morgan fingerprint density at radius 3 is 3.11 bits per heavy atom. The molecule has 0 aliphatic carbocycles. The molecule has 28 heavy (non-hydrogen) atoms. The molecule has 2 N–H and O–H groups in total. The molecule has 9 nitrogen and oxygen atoms in total. The molecule has 0 spiro atoms. The number of methoxy groups -OCH3 is 1. The predicted octanol–water partition coefficient (Wildman–Crippen LogP) is 1.29. The van der Waals surface area contributed by atoms with E-state index >= 15 is 0 Å². The van der Waals surface area contributed by atoms with Gasteiger partial charge in [0.1, 0.15) is 12.4 Å². The lowest BCUT2D eigenvalue weighted by Crippen LogP contribution is -2.46. The summed E-state index contributed by atoms with van der Waals surface area (Å²) in [5.41, 5.74) is 1.00. The van der Waals surface area contributed by atoms with Gasteiger partial charge in [0.05, 0.1) is 13.2 Å². The summed E-state index contributed by atoms with van der Waals surface area (Å²) in [4.78, 5) is 13.2. The smallest absolute Gasteiger partial charge is 0.218 e. The Kier molecular flexibility index (Phi) is 7.18. The largest absolute Gasteiger partial charge is 0.477 e. The lowest BCUT2D eigenvalue weighted by atomic mass is 10.1. The van der Waals surface area contributed by atoms with Crippen molar-refractivity contribution in [1.29, 1.82) is 0 Å². The van der Waals surface area contributed by atoms with Gasteiger partial charge in [0.15, 0.2) is 11.8 Å². The van der Waals surface area contributed by atoms with Crippen LogP contribution >= 0.6 is 0 Å². The minimum absolute atomic E-state index is 0.237. The summed E-state index contributed by atoms with van der Waals surface area (Å²) in [5.74, 6) is 3.16. The number of aromatic nitrogens is 4. The predicted molar refractivity (Wildman–Crippen MR) is 106 cm³/mol. The molecule has 1 atom stereocenters. The topological polar surface area (TPSA) is 98.5 Å². The lowest BCUT2D eigenvalue weighted by Gasteiger charge is -2.25. The number of pyridine rings is 1. The van der Waals surface area contributed by atoms with Crippen LogP contribution in [0.4, 0.5) is 0 Å². The first-order valence-electron chi connectivity index (χ1n) is 9.68. The number of hydrogen-bond acceptors (Lipinski definition) is 6. The molecule has 9 heteroatoms. The monoisotopic (exact) mass is 387 g/mol. The Labute approximate surface area is 165 Å². The highest BCUT2D eigenvalue weighted by Crippen LogP contribution is 2.15. The van der Waals surface area contributed by atoms with E-state index in [9.17, 15) is 0 Å². The van der Waals surface area contributed by atoms with Crippen LogP contribution in [0.1, 0.15) is 37.0 Å². The number of fused-ring (bicyclic) bond motifs is 1. The Morgan fingerprint density at radius 1 is 1.43 bits per heavy atom. The van der Waals surface area contributed by atoms with E-state index in [0.29, 0.717) is 25.6 Å². The van der Waals surface area contributed by atoms with Crippen molar-refractivity contribution in [3.8, 4) is 5.88 Å². The van der Waals surface area contributed by atoms with Crippen molar-refractivity contribution in [2.24, 2.45) is 4.99 Å². The average molecular weight is 387 g/mol. The maximum Gasteiger partial charge on any atom is 0.218 e. The van der Waals surface area contributed by atoms with Gasteiger partial charge < -0.3 is 20.1 Å². The Balaban J connectivity index is 1.55. The highest BCUT2D eigenvalue weighted by molar-refractivity contribution is 5.80. The van der Waals surface area contributed by atoms with Crippen LogP contribution in [-0.4, -0.2) is 52.5 Å². The summed E-state index contributed by atoms with van der Waals surface area (Å²) in [6, 6.07) is 4.16. The standard InChI is InChI=1S/C19H29N7O2/c1-4-10-28-18-14(6-5-9-21-18)11-22-19(20-2)23-15-7-8-17-24-16(13-27-3)25-26(17)12-15/h5-6,9,15H,4,7-8,10-13H2,1-3H3,(H2,20,22,23). The number of aryl methyl sites for hydroxylation is 1. The summed E-state index contributed by atoms with van der Waals surface area (Å²) < 4.78 is 12.8. The van der Waals surface area contributed by atoms with Gasteiger partial charge in [-0.2, -0.15) is 5.10 Å². The molecule has 1 unspecified atom stereocenters. The Morgan fingerprint density at radius 2 is 2.32 bits per heavy atom. The summed E-state index contributed by atoms with van der Waals surface area (Å²) in [7, 11) is 3.43. The maximum atomic E-state index is 5.72. The molecule has 2 aromatic rings. The van der Waals surface area contributed by atoms with Crippen LogP contribution in [0, 0.1) is 0 Å². The van der Waals surface area contributed by atoms with E-state index in [1.807, 2.05) is 16.8 Å². The fourth-order valence-corrected chi connectivity index (χ4v) is 3.12. The maximum absolute atomic E-state index is 5.72. The van der Waals surface area contributed by atoms with Crippen molar-refractivity contribution in [3.05, 3.63) is 35.5 Å². The molecule has 3 rings (SSSR count). The van der Waals surface area contributed by atoms with Gasteiger partial charge in [-0.05, 0) is 18.9 Å². The molecule has 0 bridgehead atoms. The van der Waals surface area contributed by atoms with Gasteiger partial charge >= 0.3 is 0 Å². The number of rotatable bonds is 8. The Hall–Kier alpha value is -2.68. The quantitative estimate of drug-likeness (QED) is 0.520. The zero-order chi connectivity index (χ0) is 19.8. The third kappa shape index (κ3) is 5.19. The van der Waals surface area contributed by atoms with Crippen LogP contribution in [0.15, 0.2) is 23.3 Å². The van der Waals surface area contributed by atoms with Crippen LogP contribution in [-0.2, 0) is 30.9 Å². The summed E-state index contributed by atoms with van der Waals surface area (Å²) >= 11 is 0. The zero-order valence-electron chi connectivity index (χ0n) is 16.8. The van der Waals surface area contributed by atoms with E-state index in [1.54, 1.807) is 20.4 Å². The number of hydrogen-bond donors (Lipinski definition) is 2. The van der Waals surface area contributed by atoms with Gasteiger partial charge in [0.25, 0.3) is 0 Å². The lowest BCUT2D eigenvalue weighted by molar-refractivity contribution is 0.177. The summed E-state index contributed by atoms with van der Waals surface area (Å²) in [6.45, 7) is 4.52. The van der Waals surface area contributed by atoms with Crippen LogP contribution in [0.2, 0.25) is 0 Å². The third-order valence-electron chi connectivity index (χ3n) is 4.48. The average Bonchev–Trinajstić information content (AvgIpc) is 3.12. The highest BCUT2D eigenvalue weighted by atomic mass is 16.5. The Bertz CT molecular complexity index is 790. The van der Waals surface area contributed by atoms with Gasteiger partial charge in [-0.1, -0.05) is 13.0 Å². The number of guanidine groups is 1. The van der Waals surface area contributed by atoms with E-state index < -0.39 is 0 Å². The second-order valence-electron chi connectivity index (χ2n) is 6.68. The van der Waals surface area contributed by atoms with E-state index in [2.05, 4.69) is 37.6 Å². The van der Waals surface area contributed by atoms with Gasteiger partial charge in [-0.25, -0.2) is 14.6 Å². The van der Waals surface area contributed by atoms with Crippen molar-refractivity contribution < 1.29 is 9.47 Å². The fourth-order valence-electron chi connectivity index (χ4n) is 3.12. The summed E-state index contributed by atoms with van der Waals surface area (Å²) in [5, 5.41) is 11.3. The molecular formula is C19H29N7O2. The first kappa shape index (κ1) is 20.1. The molecule has 0 saturated carbocycles. The molecule has 1 aliphatic heterocycles. The second-order valence-corrected chi connectivity index (χ2v) is 6.68. The highest BCUT2D eigenvalue weighted by Gasteiger charge is 2.22. The molecule has 0 fully saturated rings. The minimum Gasteiger partial charge on any atom is -0.477 e. The number of nitrogens with zero attached hydrogens (tertiary/aromatic N) is 5. The SMILES string of the molecule is CCCOc1ncccc1CNC(=NC)NC1CCc2nc(COC)nn2C1. The molecule has 1 aliphatic rings. The molecule has 3 heterocycles.